The first-order valence-electron chi connectivity index (χ1n) is 11.1. The summed E-state index contributed by atoms with van der Waals surface area (Å²) in [7, 11) is 0. The van der Waals surface area contributed by atoms with Crippen molar-refractivity contribution in [1.82, 2.24) is 15.1 Å². The Labute approximate surface area is 178 Å². The molecule has 3 heterocycles. The number of morpholine rings is 1. The Kier molecular flexibility index (Phi) is 8.51. The molecule has 2 saturated heterocycles. The minimum Gasteiger partial charge on any atom is -0.379 e. The molecule has 0 spiro atoms. The van der Waals surface area contributed by atoms with Gasteiger partial charge in [-0.15, -0.1) is 11.3 Å². The van der Waals surface area contributed by atoms with Gasteiger partial charge in [-0.05, 0) is 30.2 Å². The van der Waals surface area contributed by atoms with Crippen LogP contribution < -0.4 is 5.32 Å². The van der Waals surface area contributed by atoms with Crippen molar-refractivity contribution in [2.75, 3.05) is 45.9 Å². The van der Waals surface area contributed by atoms with E-state index in [1.165, 1.54) is 11.3 Å². The third kappa shape index (κ3) is 5.80. The molecule has 1 aromatic rings. The highest BCUT2D eigenvalue weighted by molar-refractivity contribution is 7.12. The van der Waals surface area contributed by atoms with Crippen molar-refractivity contribution in [3.8, 4) is 0 Å². The first kappa shape index (κ1) is 22.2. The predicted octanol–water partition coefficient (Wildman–Crippen LogP) is 2.85. The van der Waals surface area contributed by atoms with Gasteiger partial charge in [-0.1, -0.05) is 32.8 Å². The monoisotopic (exact) mass is 421 g/mol. The molecule has 2 aliphatic rings. The second-order valence-electron chi connectivity index (χ2n) is 8.11. The number of carbonyl (C=O) groups excluding carboxylic acids is 2. The topological polar surface area (TPSA) is 61.9 Å². The largest absolute Gasteiger partial charge is 0.379 e. The van der Waals surface area contributed by atoms with Crippen LogP contribution in [0.4, 0.5) is 0 Å². The van der Waals surface area contributed by atoms with Crippen molar-refractivity contribution in [3.05, 3.63) is 22.4 Å². The average molecular weight is 422 g/mol. The van der Waals surface area contributed by atoms with Crippen LogP contribution in [0.15, 0.2) is 17.5 Å². The molecule has 2 atom stereocenters. The molecule has 0 aromatic carbocycles. The van der Waals surface area contributed by atoms with E-state index in [1.807, 2.05) is 22.4 Å². The third-order valence-electron chi connectivity index (χ3n) is 6.40. The number of hydrogen-bond donors (Lipinski definition) is 1. The van der Waals surface area contributed by atoms with Crippen LogP contribution in [-0.2, 0) is 9.53 Å². The van der Waals surface area contributed by atoms with Crippen LogP contribution in [-0.4, -0.2) is 73.6 Å². The fourth-order valence-electron chi connectivity index (χ4n) is 4.62. The van der Waals surface area contributed by atoms with Gasteiger partial charge in [0, 0.05) is 38.8 Å². The number of carbonyl (C=O) groups is 2. The van der Waals surface area contributed by atoms with Gasteiger partial charge in [0.15, 0.2) is 0 Å². The Morgan fingerprint density at radius 3 is 2.66 bits per heavy atom. The van der Waals surface area contributed by atoms with Crippen LogP contribution in [0.1, 0.15) is 49.2 Å². The van der Waals surface area contributed by atoms with Crippen LogP contribution in [0, 0.1) is 11.8 Å². The molecule has 1 N–H and O–H groups in total. The van der Waals surface area contributed by atoms with Crippen LogP contribution in [0.25, 0.3) is 0 Å². The SMILES string of the molecule is CCC(CC)[C@H](CNC(=O)[C@@H]1CCCN(C(=O)c2cccs2)C1)N1CCOCC1. The molecular formula is C22H35N3O3S. The lowest BCUT2D eigenvalue weighted by Gasteiger charge is -2.39. The van der Waals surface area contributed by atoms with Gasteiger partial charge in [0.2, 0.25) is 5.91 Å². The first-order chi connectivity index (χ1) is 14.1. The maximum atomic E-state index is 12.9. The van der Waals surface area contributed by atoms with E-state index in [9.17, 15) is 9.59 Å². The fraction of sp³-hybridized carbons (Fsp3) is 0.727. The van der Waals surface area contributed by atoms with E-state index in [-0.39, 0.29) is 17.7 Å². The van der Waals surface area contributed by atoms with Crippen molar-refractivity contribution in [3.63, 3.8) is 0 Å². The van der Waals surface area contributed by atoms with E-state index in [0.29, 0.717) is 25.0 Å². The van der Waals surface area contributed by atoms with E-state index in [4.69, 9.17) is 4.74 Å². The Balaban J connectivity index is 1.56. The van der Waals surface area contributed by atoms with Crippen LogP contribution in [0.5, 0.6) is 0 Å². The highest BCUT2D eigenvalue weighted by Gasteiger charge is 2.31. The number of nitrogens with zero attached hydrogens (tertiary/aromatic N) is 2. The van der Waals surface area contributed by atoms with Crippen LogP contribution in [0.3, 0.4) is 0 Å². The zero-order chi connectivity index (χ0) is 20.6. The number of nitrogens with one attached hydrogen (secondary N) is 1. The fourth-order valence-corrected chi connectivity index (χ4v) is 5.31. The van der Waals surface area contributed by atoms with Crippen molar-refractivity contribution in [2.24, 2.45) is 11.8 Å². The number of piperidine rings is 1. The quantitative estimate of drug-likeness (QED) is 0.701. The molecule has 2 aliphatic heterocycles. The summed E-state index contributed by atoms with van der Waals surface area (Å²) in [5, 5.41) is 5.16. The highest BCUT2D eigenvalue weighted by Crippen LogP contribution is 2.22. The summed E-state index contributed by atoms with van der Waals surface area (Å²) >= 11 is 1.46. The zero-order valence-corrected chi connectivity index (χ0v) is 18.6. The molecule has 0 saturated carbocycles. The molecule has 0 aliphatic carbocycles. The second-order valence-corrected chi connectivity index (χ2v) is 9.05. The molecule has 3 rings (SSSR count). The lowest BCUT2D eigenvalue weighted by atomic mass is 9.91. The van der Waals surface area contributed by atoms with Crippen molar-refractivity contribution in [1.29, 1.82) is 0 Å². The Hall–Kier alpha value is -1.44. The predicted molar refractivity (Wildman–Crippen MR) is 116 cm³/mol. The van der Waals surface area contributed by atoms with E-state index in [0.717, 1.165) is 63.4 Å². The summed E-state index contributed by atoms with van der Waals surface area (Å²) < 4.78 is 5.52. The van der Waals surface area contributed by atoms with E-state index < -0.39 is 0 Å². The van der Waals surface area contributed by atoms with Gasteiger partial charge in [0.25, 0.3) is 5.91 Å². The molecule has 162 valence electrons. The molecule has 0 unspecified atom stereocenters. The number of amides is 2. The first-order valence-corrected chi connectivity index (χ1v) is 11.9. The summed E-state index contributed by atoms with van der Waals surface area (Å²) in [6.45, 7) is 9.82. The van der Waals surface area contributed by atoms with E-state index in [1.54, 1.807) is 0 Å². The minimum absolute atomic E-state index is 0.0562. The maximum absolute atomic E-state index is 12.9. The number of ether oxygens (including phenoxy) is 1. The van der Waals surface area contributed by atoms with Gasteiger partial charge < -0.3 is 15.0 Å². The summed E-state index contributed by atoms with van der Waals surface area (Å²) in [6.07, 6.45) is 3.96. The Morgan fingerprint density at radius 2 is 2.00 bits per heavy atom. The molecule has 0 radical (unpaired) electrons. The molecule has 0 bridgehead atoms. The smallest absolute Gasteiger partial charge is 0.263 e. The Morgan fingerprint density at radius 1 is 1.24 bits per heavy atom. The third-order valence-corrected chi connectivity index (χ3v) is 7.26. The molecule has 6 nitrogen and oxygen atoms in total. The summed E-state index contributed by atoms with van der Waals surface area (Å²) in [5.41, 5.74) is 0. The molecule has 7 heteroatoms. The van der Waals surface area contributed by atoms with E-state index in [2.05, 4.69) is 24.1 Å². The van der Waals surface area contributed by atoms with Gasteiger partial charge in [-0.3, -0.25) is 14.5 Å². The van der Waals surface area contributed by atoms with Crippen LogP contribution in [0.2, 0.25) is 0 Å². The number of likely N-dealkylation sites (tertiary alicyclic amines) is 1. The second kappa shape index (κ2) is 11.1. The molecule has 29 heavy (non-hydrogen) atoms. The molecule has 2 amide bonds. The summed E-state index contributed by atoms with van der Waals surface area (Å²) in [5.74, 6) is 0.606. The zero-order valence-electron chi connectivity index (χ0n) is 17.8. The van der Waals surface area contributed by atoms with Gasteiger partial charge in [-0.2, -0.15) is 0 Å². The molecular weight excluding hydrogens is 386 g/mol. The summed E-state index contributed by atoms with van der Waals surface area (Å²) in [4.78, 5) is 30.7. The average Bonchev–Trinajstić information content (AvgIpc) is 3.31. The highest BCUT2D eigenvalue weighted by atomic mass is 32.1. The van der Waals surface area contributed by atoms with Crippen molar-refractivity contribution in [2.45, 2.75) is 45.6 Å². The lowest BCUT2D eigenvalue weighted by molar-refractivity contribution is -0.126. The number of thiophene rings is 1. The van der Waals surface area contributed by atoms with Gasteiger partial charge in [-0.25, -0.2) is 0 Å². The lowest BCUT2D eigenvalue weighted by Crippen LogP contribution is -2.53. The van der Waals surface area contributed by atoms with Crippen molar-refractivity contribution >= 4 is 23.2 Å². The maximum Gasteiger partial charge on any atom is 0.263 e. The van der Waals surface area contributed by atoms with E-state index >= 15 is 0 Å². The Bertz CT molecular complexity index is 642. The van der Waals surface area contributed by atoms with Gasteiger partial charge in [0.1, 0.15) is 0 Å². The summed E-state index contributed by atoms with van der Waals surface area (Å²) in [6, 6.07) is 4.11. The number of rotatable bonds is 8. The normalized spacial score (nSPS) is 21.9. The minimum atomic E-state index is -0.111. The van der Waals surface area contributed by atoms with Crippen molar-refractivity contribution < 1.29 is 14.3 Å². The standard InChI is InChI=1S/C22H35N3O3S/c1-3-17(4-2)19(24-10-12-28-13-11-24)15-23-21(26)18-7-5-9-25(16-18)22(27)20-8-6-14-29-20/h6,8,14,17-19H,3-5,7,9-13,15-16H2,1-2H3,(H,23,26)/t18-,19+/m1/s1. The number of hydrogen-bond acceptors (Lipinski definition) is 5. The molecule has 1 aromatic heterocycles. The van der Waals surface area contributed by atoms with Gasteiger partial charge in [0.05, 0.1) is 24.0 Å². The van der Waals surface area contributed by atoms with Crippen LogP contribution >= 0.6 is 11.3 Å². The van der Waals surface area contributed by atoms with Gasteiger partial charge >= 0.3 is 0 Å². The molecule has 2 fully saturated rings.